The maximum Gasteiger partial charge on any atom is 0.407 e. The molecule has 0 aromatic heterocycles. The van der Waals surface area contributed by atoms with Crippen molar-refractivity contribution in [2.45, 2.75) is 51.7 Å². The maximum atomic E-state index is 11.5. The number of nitrogens with one attached hydrogen (secondary N) is 2. The molecule has 92 valence electrons. The van der Waals surface area contributed by atoms with E-state index in [0.29, 0.717) is 13.0 Å². The van der Waals surface area contributed by atoms with Gasteiger partial charge in [0.05, 0.1) is 0 Å². The van der Waals surface area contributed by atoms with E-state index < -0.39 is 11.7 Å². The fraction of sp³-hybridized carbons (Fsp3) is 0.818. The molecule has 1 atom stereocenters. The Morgan fingerprint density at radius 1 is 1.50 bits per heavy atom. The maximum absolute atomic E-state index is 11.5. The van der Waals surface area contributed by atoms with Gasteiger partial charge in [-0.15, -0.1) is 0 Å². The number of amides is 2. The predicted octanol–water partition coefficient (Wildman–Crippen LogP) is 1.18. The van der Waals surface area contributed by atoms with E-state index in [1.165, 1.54) is 0 Å². The average molecular weight is 228 g/mol. The molecule has 1 fully saturated rings. The minimum absolute atomic E-state index is 0.0266. The molecule has 16 heavy (non-hydrogen) atoms. The van der Waals surface area contributed by atoms with E-state index >= 15 is 0 Å². The lowest BCUT2D eigenvalue weighted by Crippen LogP contribution is -2.44. The van der Waals surface area contributed by atoms with Crippen LogP contribution in [0.4, 0.5) is 4.79 Å². The van der Waals surface area contributed by atoms with Crippen molar-refractivity contribution in [1.82, 2.24) is 10.6 Å². The summed E-state index contributed by atoms with van der Waals surface area (Å²) < 4.78 is 5.15. The van der Waals surface area contributed by atoms with Crippen molar-refractivity contribution in [3.63, 3.8) is 0 Å². The highest BCUT2D eigenvalue weighted by Crippen LogP contribution is 2.09. The SMILES string of the molecule is CC(C)(C)OC(=O)N[C@@H]1CCCC(=O)NC1. The highest BCUT2D eigenvalue weighted by Gasteiger charge is 2.21. The summed E-state index contributed by atoms with van der Waals surface area (Å²) in [5.41, 5.74) is -0.488. The molecule has 2 amide bonds. The zero-order chi connectivity index (χ0) is 12.2. The summed E-state index contributed by atoms with van der Waals surface area (Å²) in [6.45, 7) is 5.95. The lowest BCUT2D eigenvalue weighted by atomic mass is 10.1. The number of alkyl carbamates (subject to hydrolysis) is 1. The van der Waals surface area contributed by atoms with Crippen molar-refractivity contribution in [2.24, 2.45) is 0 Å². The van der Waals surface area contributed by atoms with Crippen LogP contribution in [-0.2, 0) is 9.53 Å². The van der Waals surface area contributed by atoms with Crippen LogP contribution in [0.3, 0.4) is 0 Å². The molecule has 1 rings (SSSR count). The second-order valence-electron chi connectivity index (χ2n) is 5.04. The molecule has 0 spiro atoms. The Balaban J connectivity index is 2.36. The molecule has 2 N–H and O–H groups in total. The molecular weight excluding hydrogens is 208 g/mol. The first-order valence-corrected chi connectivity index (χ1v) is 5.63. The fourth-order valence-corrected chi connectivity index (χ4v) is 1.53. The third-order valence-corrected chi connectivity index (χ3v) is 2.22. The highest BCUT2D eigenvalue weighted by molar-refractivity contribution is 5.76. The van der Waals surface area contributed by atoms with Gasteiger partial charge in [-0.3, -0.25) is 4.79 Å². The number of carbonyl (C=O) groups is 2. The molecule has 0 unspecified atom stereocenters. The third-order valence-electron chi connectivity index (χ3n) is 2.22. The van der Waals surface area contributed by atoms with Gasteiger partial charge in [-0.1, -0.05) is 0 Å². The second-order valence-corrected chi connectivity index (χ2v) is 5.04. The Labute approximate surface area is 95.9 Å². The smallest absolute Gasteiger partial charge is 0.407 e. The molecule has 0 aromatic rings. The Morgan fingerprint density at radius 3 is 2.81 bits per heavy atom. The van der Waals surface area contributed by atoms with E-state index in [0.717, 1.165) is 12.8 Å². The number of carbonyl (C=O) groups excluding carboxylic acids is 2. The summed E-state index contributed by atoms with van der Waals surface area (Å²) in [7, 11) is 0. The summed E-state index contributed by atoms with van der Waals surface area (Å²) in [5, 5.41) is 5.51. The molecule has 0 bridgehead atoms. The van der Waals surface area contributed by atoms with Gasteiger partial charge < -0.3 is 15.4 Å². The van der Waals surface area contributed by atoms with Crippen molar-refractivity contribution in [3.05, 3.63) is 0 Å². The van der Waals surface area contributed by atoms with Crippen LogP contribution in [0.1, 0.15) is 40.0 Å². The van der Waals surface area contributed by atoms with Crippen molar-refractivity contribution in [1.29, 1.82) is 0 Å². The number of ether oxygens (including phenoxy) is 1. The van der Waals surface area contributed by atoms with E-state index in [1.807, 2.05) is 20.8 Å². The zero-order valence-corrected chi connectivity index (χ0v) is 10.1. The van der Waals surface area contributed by atoms with Gasteiger partial charge in [0, 0.05) is 19.0 Å². The Hall–Kier alpha value is -1.26. The van der Waals surface area contributed by atoms with Crippen molar-refractivity contribution >= 4 is 12.0 Å². The molecule has 1 heterocycles. The van der Waals surface area contributed by atoms with Crippen molar-refractivity contribution in [3.8, 4) is 0 Å². The summed E-state index contributed by atoms with van der Waals surface area (Å²) in [4.78, 5) is 22.6. The van der Waals surface area contributed by atoms with Gasteiger partial charge in [-0.25, -0.2) is 4.79 Å². The Kier molecular flexibility index (Phi) is 4.15. The molecule has 5 nitrogen and oxygen atoms in total. The monoisotopic (exact) mass is 228 g/mol. The largest absolute Gasteiger partial charge is 0.444 e. The molecule has 5 heteroatoms. The van der Waals surface area contributed by atoms with Crippen LogP contribution in [0.2, 0.25) is 0 Å². The number of hydrogen-bond acceptors (Lipinski definition) is 3. The quantitative estimate of drug-likeness (QED) is 0.708. The number of rotatable bonds is 1. The topological polar surface area (TPSA) is 67.4 Å². The predicted molar refractivity (Wildman–Crippen MR) is 60.0 cm³/mol. The molecule has 0 aliphatic carbocycles. The van der Waals surface area contributed by atoms with Crippen molar-refractivity contribution < 1.29 is 14.3 Å². The first-order chi connectivity index (χ1) is 7.37. The molecule has 0 aromatic carbocycles. The first-order valence-electron chi connectivity index (χ1n) is 5.63. The lowest BCUT2D eigenvalue weighted by Gasteiger charge is -2.22. The third kappa shape index (κ3) is 5.00. The van der Waals surface area contributed by atoms with Crippen LogP contribution in [0.25, 0.3) is 0 Å². The molecule has 1 saturated heterocycles. The van der Waals surface area contributed by atoms with E-state index in [-0.39, 0.29) is 11.9 Å². The Bertz CT molecular complexity index is 271. The van der Waals surface area contributed by atoms with Gasteiger partial charge in [0.15, 0.2) is 0 Å². The van der Waals surface area contributed by atoms with E-state index in [4.69, 9.17) is 4.74 Å². The minimum Gasteiger partial charge on any atom is -0.444 e. The standard InChI is InChI=1S/C11H20N2O3/c1-11(2,3)16-10(15)13-8-5-4-6-9(14)12-7-8/h8H,4-7H2,1-3H3,(H,12,14)(H,13,15)/t8-/m1/s1. The highest BCUT2D eigenvalue weighted by atomic mass is 16.6. The van der Waals surface area contributed by atoms with Crippen LogP contribution in [0.15, 0.2) is 0 Å². The summed E-state index contributed by atoms with van der Waals surface area (Å²) in [5.74, 6) is 0.0495. The van der Waals surface area contributed by atoms with Gasteiger partial charge >= 0.3 is 6.09 Å². The minimum atomic E-state index is -0.488. The molecule has 1 aliphatic rings. The summed E-state index contributed by atoms with van der Waals surface area (Å²) in [6.07, 6.45) is 1.71. The fourth-order valence-electron chi connectivity index (χ4n) is 1.53. The second kappa shape index (κ2) is 5.18. The van der Waals surface area contributed by atoms with Crippen molar-refractivity contribution in [2.75, 3.05) is 6.54 Å². The van der Waals surface area contributed by atoms with E-state index in [2.05, 4.69) is 10.6 Å². The Morgan fingerprint density at radius 2 is 2.19 bits per heavy atom. The van der Waals surface area contributed by atoms with Crippen LogP contribution < -0.4 is 10.6 Å². The van der Waals surface area contributed by atoms with Gasteiger partial charge in [0.2, 0.25) is 5.91 Å². The zero-order valence-electron chi connectivity index (χ0n) is 10.1. The van der Waals surface area contributed by atoms with Crippen LogP contribution in [0.5, 0.6) is 0 Å². The molecular formula is C11H20N2O3. The summed E-state index contributed by atoms with van der Waals surface area (Å²) >= 11 is 0. The van der Waals surface area contributed by atoms with Crippen LogP contribution in [-0.4, -0.2) is 30.2 Å². The molecule has 0 radical (unpaired) electrons. The molecule has 1 aliphatic heterocycles. The first kappa shape index (κ1) is 12.8. The molecule has 0 saturated carbocycles. The normalized spacial score (nSPS) is 21.9. The van der Waals surface area contributed by atoms with Gasteiger partial charge in [-0.05, 0) is 33.6 Å². The summed E-state index contributed by atoms with van der Waals surface area (Å²) in [6, 6.07) is -0.0266. The van der Waals surface area contributed by atoms with Gasteiger partial charge in [0.1, 0.15) is 5.60 Å². The van der Waals surface area contributed by atoms with Gasteiger partial charge in [0.25, 0.3) is 0 Å². The number of hydrogen-bond donors (Lipinski definition) is 2. The van der Waals surface area contributed by atoms with Gasteiger partial charge in [-0.2, -0.15) is 0 Å². The lowest BCUT2D eigenvalue weighted by molar-refractivity contribution is -0.120. The average Bonchev–Trinajstić information content (AvgIpc) is 2.27. The van der Waals surface area contributed by atoms with E-state index in [9.17, 15) is 9.59 Å². The van der Waals surface area contributed by atoms with Crippen LogP contribution in [0, 0.1) is 0 Å². The van der Waals surface area contributed by atoms with Crippen LogP contribution >= 0.6 is 0 Å². The van der Waals surface area contributed by atoms with E-state index in [1.54, 1.807) is 0 Å².